The minimum atomic E-state index is -0.0923. The number of fused-ring (bicyclic) bond motifs is 1. The molecule has 72 valence electrons. The molecule has 2 rings (SSSR count). The standard InChI is InChI=1S/C10H10N2O2/c1-12-6-11-9-3-2-7(5-13)4-8(9)10(12)14/h2-4,6,13H,5H2,1H3. The second kappa shape index (κ2) is 3.23. The average Bonchev–Trinajstić information content (AvgIpc) is 2.23. The normalized spacial score (nSPS) is 10.7. The van der Waals surface area contributed by atoms with Gasteiger partial charge in [-0.3, -0.25) is 4.79 Å². The number of aliphatic hydroxyl groups is 1. The smallest absolute Gasteiger partial charge is 0.260 e. The van der Waals surface area contributed by atoms with E-state index < -0.39 is 0 Å². The molecular formula is C10H10N2O2. The molecule has 4 heteroatoms. The van der Waals surface area contributed by atoms with Gasteiger partial charge in [0.05, 0.1) is 23.8 Å². The zero-order chi connectivity index (χ0) is 10.1. The van der Waals surface area contributed by atoms with E-state index >= 15 is 0 Å². The van der Waals surface area contributed by atoms with Crippen LogP contribution >= 0.6 is 0 Å². The van der Waals surface area contributed by atoms with Crippen LogP contribution in [0.25, 0.3) is 10.9 Å². The van der Waals surface area contributed by atoms with Gasteiger partial charge >= 0.3 is 0 Å². The maximum atomic E-state index is 11.6. The molecule has 0 fully saturated rings. The molecule has 0 spiro atoms. The first kappa shape index (κ1) is 8.90. The van der Waals surface area contributed by atoms with Gasteiger partial charge in [0.25, 0.3) is 5.56 Å². The zero-order valence-corrected chi connectivity index (χ0v) is 7.77. The van der Waals surface area contributed by atoms with E-state index in [0.717, 1.165) is 5.56 Å². The molecule has 0 atom stereocenters. The number of benzene rings is 1. The van der Waals surface area contributed by atoms with E-state index in [1.807, 2.05) is 0 Å². The molecule has 1 heterocycles. The summed E-state index contributed by atoms with van der Waals surface area (Å²) >= 11 is 0. The van der Waals surface area contributed by atoms with Crippen molar-refractivity contribution in [1.82, 2.24) is 9.55 Å². The van der Waals surface area contributed by atoms with Gasteiger partial charge in [-0.25, -0.2) is 4.98 Å². The minimum Gasteiger partial charge on any atom is -0.392 e. The number of aryl methyl sites for hydroxylation is 1. The summed E-state index contributed by atoms with van der Waals surface area (Å²) in [6, 6.07) is 5.17. The van der Waals surface area contributed by atoms with Crippen LogP contribution in [0.15, 0.2) is 29.3 Å². The van der Waals surface area contributed by atoms with Crippen LogP contribution in [-0.2, 0) is 13.7 Å². The molecule has 14 heavy (non-hydrogen) atoms. The van der Waals surface area contributed by atoms with Crippen molar-refractivity contribution in [1.29, 1.82) is 0 Å². The summed E-state index contributed by atoms with van der Waals surface area (Å²) in [5.41, 5.74) is 1.29. The van der Waals surface area contributed by atoms with Gasteiger partial charge in [-0.2, -0.15) is 0 Å². The van der Waals surface area contributed by atoms with E-state index in [2.05, 4.69) is 4.98 Å². The molecule has 0 aliphatic rings. The highest BCUT2D eigenvalue weighted by molar-refractivity contribution is 5.77. The Bertz CT molecular complexity index is 531. The van der Waals surface area contributed by atoms with Gasteiger partial charge in [0.1, 0.15) is 0 Å². The fourth-order valence-electron chi connectivity index (χ4n) is 1.36. The van der Waals surface area contributed by atoms with Crippen molar-refractivity contribution in [2.45, 2.75) is 6.61 Å². The quantitative estimate of drug-likeness (QED) is 0.709. The third kappa shape index (κ3) is 1.29. The number of rotatable bonds is 1. The Morgan fingerprint density at radius 1 is 1.50 bits per heavy atom. The predicted molar refractivity (Wildman–Crippen MR) is 52.9 cm³/mol. The lowest BCUT2D eigenvalue weighted by atomic mass is 10.1. The monoisotopic (exact) mass is 190 g/mol. The van der Waals surface area contributed by atoms with Crippen molar-refractivity contribution in [2.24, 2.45) is 7.05 Å². The van der Waals surface area contributed by atoms with Crippen LogP contribution in [0.5, 0.6) is 0 Å². The van der Waals surface area contributed by atoms with Crippen molar-refractivity contribution in [3.63, 3.8) is 0 Å². The van der Waals surface area contributed by atoms with E-state index in [-0.39, 0.29) is 12.2 Å². The highest BCUT2D eigenvalue weighted by Gasteiger charge is 2.01. The maximum absolute atomic E-state index is 11.6. The van der Waals surface area contributed by atoms with Gasteiger partial charge in [0.15, 0.2) is 0 Å². The van der Waals surface area contributed by atoms with E-state index in [4.69, 9.17) is 5.11 Å². The number of hydrogen-bond donors (Lipinski definition) is 1. The summed E-state index contributed by atoms with van der Waals surface area (Å²) in [6.45, 7) is -0.0615. The van der Waals surface area contributed by atoms with Gasteiger partial charge in [0, 0.05) is 7.05 Å². The molecule has 0 radical (unpaired) electrons. The van der Waals surface area contributed by atoms with Crippen LogP contribution < -0.4 is 5.56 Å². The van der Waals surface area contributed by atoms with E-state index in [0.29, 0.717) is 10.9 Å². The van der Waals surface area contributed by atoms with E-state index in [1.165, 1.54) is 10.9 Å². The fourth-order valence-corrected chi connectivity index (χ4v) is 1.36. The summed E-state index contributed by atoms with van der Waals surface area (Å²) < 4.78 is 1.42. The second-order valence-electron chi connectivity index (χ2n) is 3.17. The largest absolute Gasteiger partial charge is 0.392 e. The highest BCUT2D eigenvalue weighted by atomic mass is 16.3. The van der Waals surface area contributed by atoms with Crippen LogP contribution in [-0.4, -0.2) is 14.7 Å². The summed E-state index contributed by atoms with van der Waals surface area (Å²) in [4.78, 5) is 15.7. The lowest BCUT2D eigenvalue weighted by molar-refractivity contribution is 0.282. The van der Waals surface area contributed by atoms with Gasteiger partial charge in [-0.15, -0.1) is 0 Å². The summed E-state index contributed by atoms with van der Waals surface area (Å²) in [5, 5.41) is 9.47. The molecule has 0 saturated carbocycles. The lowest BCUT2D eigenvalue weighted by Gasteiger charge is -2.01. The first-order valence-electron chi connectivity index (χ1n) is 4.27. The van der Waals surface area contributed by atoms with Crippen molar-refractivity contribution in [3.8, 4) is 0 Å². The molecule has 1 aromatic carbocycles. The van der Waals surface area contributed by atoms with Gasteiger partial charge in [-0.05, 0) is 17.7 Å². The van der Waals surface area contributed by atoms with Crippen LogP contribution in [0.3, 0.4) is 0 Å². The Hall–Kier alpha value is -1.68. The van der Waals surface area contributed by atoms with Crippen LogP contribution in [0.2, 0.25) is 0 Å². The molecule has 0 unspecified atom stereocenters. The van der Waals surface area contributed by atoms with E-state index in [9.17, 15) is 4.79 Å². The Labute approximate surface area is 80.4 Å². The number of hydrogen-bond acceptors (Lipinski definition) is 3. The van der Waals surface area contributed by atoms with Crippen molar-refractivity contribution in [2.75, 3.05) is 0 Å². The summed E-state index contributed by atoms with van der Waals surface area (Å²) in [6.07, 6.45) is 1.49. The van der Waals surface area contributed by atoms with E-state index in [1.54, 1.807) is 25.2 Å². The van der Waals surface area contributed by atoms with Gasteiger partial charge in [0.2, 0.25) is 0 Å². The Kier molecular flexibility index (Phi) is 2.05. The molecular weight excluding hydrogens is 180 g/mol. The van der Waals surface area contributed by atoms with Gasteiger partial charge in [-0.1, -0.05) is 6.07 Å². The van der Waals surface area contributed by atoms with Crippen LogP contribution in [0, 0.1) is 0 Å². The molecule has 2 aromatic rings. The lowest BCUT2D eigenvalue weighted by Crippen LogP contribution is -2.16. The third-order valence-corrected chi connectivity index (χ3v) is 2.16. The highest BCUT2D eigenvalue weighted by Crippen LogP contribution is 2.09. The van der Waals surface area contributed by atoms with Crippen molar-refractivity contribution < 1.29 is 5.11 Å². The first-order chi connectivity index (χ1) is 6.72. The second-order valence-corrected chi connectivity index (χ2v) is 3.17. The maximum Gasteiger partial charge on any atom is 0.260 e. The fraction of sp³-hybridized carbons (Fsp3) is 0.200. The number of nitrogens with zero attached hydrogens (tertiary/aromatic N) is 2. The molecule has 0 amide bonds. The third-order valence-electron chi connectivity index (χ3n) is 2.16. The van der Waals surface area contributed by atoms with Crippen molar-refractivity contribution >= 4 is 10.9 Å². The predicted octanol–water partition coefficient (Wildman–Crippen LogP) is 0.426. The molecule has 0 aliphatic heterocycles. The van der Waals surface area contributed by atoms with Crippen LogP contribution in [0.1, 0.15) is 5.56 Å². The molecule has 1 N–H and O–H groups in total. The molecule has 4 nitrogen and oxygen atoms in total. The number of aromatic nitrogens is 2. The SMILES string of the molecule is Cn1cnc2ccc(CO)cc2c1=O. The Morgan fingerprint density at radius 2 is 2.29 bits per heavy atom. The first-order valence-corrected chi connectivity index (χ1v) is 4.27. The molecule has 0 aliphatic carbocycles. The Morgan fingerprint density at radius 3 is 3.00 bits per heavy atom. The van der Waals surface area contributed by atoms with Crippen LogP contribution in [0.4, 0.5) is 0 Å². The molecule has 0 bridgehead atoms. The summed E-state index contributed by atoms with van der Waals surface area (Å²) in [7, 11) is 1.65. The average molecular weight is 190 g/mol. The zero-order valence-electron chi connectivity index (χ0n) is 7.77. The topological polar surface area (TPSA) is 55.1 Å². The van der Waals surface area contributed by atoms with Crippen molar-refractivity contribution in [3.05, 3.63) is 40.4 Å². The Balaban J connectivity index is 2.85. The molecule has 0 saturated heterocycles. The number of aliphatic hydroxyl groups excluding tert-OH is 1. The summed E-state index contributed by atoms with van der Waals surface area (Å²) in [5.74, 6) is 0. The molecule has 1 aromatic heterocycles. The van der Waals surface area contributed by atoms with Gasteiger partial charge < -0.3 is 9.67 Å². The minimum absolute atomic E-state index is 0.0615.